The van der Waals surface area contributed by atoms with E-state index in [9.17, 15) is 19.2 Å². The van der Waals surface area contributed by atoms with Gasteiger partial charge in [-0.15, -0.1) is 0 Å². The molecule has 4 aromatic carbocycles. The minimum absolute atomic E-state index is 0.166. The molecule has 69 heavy (non-hydrogen) atoms. The van der Waals surface area contributed by atoms with E-state index < -0.39 is 14.2 Å². The number of allylic oxidation sites excluding steroid dienone is 3. The Bertz CT molecular complexity index is 2120. The lowest BCUT2D eigenvalue weighted by molar-refractivity contribution is -0.142. The average molecular weight is 947 g/mol. The fraction of sp³-hybridized carbons (Fsp3) is 0.439. The van der Waals surface area contributed by atoms with Crippen LogP contribution in [0.5, 0.6) is 0 Å². The van der Waals surface area contributed by atoms with E-state index in [1.165, 1.54) is 67.5 Å². The van der Waals surface area contributed by atoms with Crippen LogP contribution in [0, 0.1) is 33.6 Å². The zero-order valence-corrected chi connectivity index (χ0v) is 43.5. The second-order valence-corrected chi connectivity index (χ2v) is 18.6. The molecule has 2 atom stereocenters. The summed E-state index contributed by atoms with van der Waals surface area (Å²) in [5, 5.41) is 34.7. The van der Waals surface area contributed by atoms with Gasteiger partial charge in [0.05, 0.1) is 20.1 Å². The largest absolute Gasteiger partial charge is 0.488 e. The van der Waals surface area contributed by atoms with Gasteiger partial charge >= 0.3 is 26.2 Å². The molecule has 0 spiro atoms. The van der Waals surface area contributed by atoms with E-state index in [1.807, 2.05) is 52.0 Å². The molecule has 0 aliphatic heterocycles. The van der Waals surface area contributed by atoms with Crippen LogP contribution in [0.15, 0.2) is 120 Å². The van der Waals surface area contributed by atoms with Gasteiger partial charge in [-0.25, -0.2) is 4.79 Å². The Balaban J connectivity index is 0.000000421. The lowest BCUT2D eigenvalue weighted by Crippen LogP contribution is -2.29. The van der Waals surface area contributed by atoms with Gasteiger partial charge < -0.3 is 29.6 Å². The molecular weight excluding hydrogens is 866 g/mol. The molecule has 0 aromatic heterocycles. The molecule has 10 nitrogen and oxygen atoms in total. The van der Waals surface area contributed by atoms with Gasteiger partial charge in [0.1, 0.15) is 5.78 Å². The van der Waals surface area contributed by atoms with Crippen LogP contribution in [0.3, 0.4) is 0 Å². The lowest BCUT2D eigenvalue weighted by atomic mass is 9.74. The van der Waals surface area contributed by atoms with Crippen molar-refractivity contribution in [1.82, 2.24) is 0 Å². The zero-order chi connectivity index (χ0) is 52.1. The number of Topliss-reactive ketones (excluding diaryl/α,β-unsaturated/α-hetero) is 2. The summed E-state index contributed by atoms with van der Waals surface area (Å²) in [5.41, 5.74) is 10.2. The number of ketones is 2. The molecule has 0 saturated heterocycles. The number of rotatable bonds is 10. The van der Waals surface area contributed by atoms with E-state index in [0.29, 0.717) is 35.7 Å². The van der Waals surface area contributed by atoms with E-state index in [2.05, 4.69) is 87.0 Å². The van der Waals surface area contributed by atoms with Crippen LogP contribution in [-0.4, -0.2) is 71.6 Å². The number of esters is 2. The van der Waals surface area contributed by atoms with Gasteiger partial charge in [-0.2, -0.15) is 0 Å². The summed E-state index contributed by atoms with van der Waals surface area (Å²) >= 11 is 0. The molecule has 1 saturated carbocycles. The highest BCUT2D eigenvalue weighted by Gasteiger charge is 2.29. The standard InChI is InChI=1S/C15H20O.C13H18O2.C8H12O.2C7H9BO2.C7H12O2/c1-11-7-9-13(10-8-11)15-6-4-3-5-14(15)12(2)16;1-10-5-7-11(8-6-10)13(2,3)9-12(14)15-4;1-7(9)8-5-3-2-4-6-8;2*1-6-2-4-7(5-3-6)8(9)10;1-4-9-7(8)5-6(2)3/h7-10,14-15H,3-6H2,1-2H3;5-8H,9H2,1-4H3;5H,2-4,6H2,1H3;2*2-5,9-10H,1H3;5H,4H2,1-3H3. The molecule has 0 amide bonds. The summed E-state index contributed by atoms with van der Waals surface area (Å²) in [5.74, 6) is 0.932. The third-order valence-corrected chi connectivity index (χ3v) is 11.6. The van der Waals surface area contributed by atoms with Crippen molar-refractivity contribution >= 4 is 48.7 Å². The summed E-state index contributed by atoms with van der Waals surface area (Å²) in [6.07, 6.45) is 13.3. The Hall–Kier alpha value is -5.39. The topological polar surface area (TPSA) is 168 Å². The fourth-order valence-corrected chi connectivity index (χ4v) is 7.42. The molecule has 6 rings (SSSR count). The number of benzene rings is 4. The van der Waals surface area contributed by atoms with Crippen molar-refractivity contribution in [3.05, 3.63) is 154 Å². The Kier molecular flexibility index (Phi) is 29.6. The SMILES string of the molecule is CC(=O)C1=CCCCC1.CC(=O)C1CCCCC1c1ccc(C)cc1.CCOC(=O)C=C(C)C.COC(=O)CC(C)(C)c1ccc(C)cc1.Cc1ccc(B(O)O)cc1.Cc1ccc(B(O)O)cc1. The average Bonchev–Trinajstić information content (AvgIpc) is 3.31. The van der Waals surface area contributed by atoms with Crippen molar-refractivity contribution in [1.29, 1.82) is 0 Å². The number of hydrogen-bond acceptors (Lipinski definition) is 10. The number of hydrogen-bond donors (Lipinski definition) is 4. The second-order valence-electron chi connectivity index (χ2n) is 18.6. The molecule has 374 valence electrons. The Morgan fingerprint density at radius 1 is 0.652 bits per heavy atom. The first kappa shape index (κ1) is 61.6. The van der Waals surface area contributed by atoms with E-state index in [1.54, 1.807) is 45.0 Å². The summed E-state index contributed by atoms with van der Waals surface area (Å²) in [6, 6.07) is 31.1. The van der Waals surface area contributed by atoms with Gasteiger partial charge in [-0.05, 0) is 134 Å². The minimum Gasteiger partial charge on any atom is -0.469 e. The number of methoxy groups -OCH3 is 1. The normalized spacial score (nSPS) is 14.6. The summed E-state index contributed by atoms with van der Waals surface area (Å²) < 4.78 is 9.33. The molecular formula is C57H80B2O10. The monoisotopic (exact) mass is 947 g/mol. The van der Waals surface area contributed by atoms with Crippen LogP contribution < -0.4 is 10.9 Å². The van der Waals surface area contributed by atoms with Gasteiger partial charge in [0.2, 0.25) is 0 Å². The van der Waals surface area contributed by atoms with Crippen LogP contribution in [0.25, 0.3) is 0 Å². The molecule has 12 heteroatoms. The minimum atomic E-state index is -1.35. The fourth-order valence-electron chi connectivity index (χ4n) is 7.42. The van der Waals surface area contributed by atoms with Crippen LogP contribution in [0.1, 0.15) is 146 Å². The first-order valence-electron chi connectivity index (χ1n) is 24.1. The Labute approximate surface area is 414 Å². The van der Waals surface area contributed by atoms with Gasteiger partial charge in [-0.3, -0.25) is 14.4 Å². The quantitative estimate of drug-likeness (QED) is 0.0683. The maximum atomic E-state index is 11.6. The van der Waals surface area contributed by atoms with Crippen LogP contribution >= 0.6 is 0 Å². The van der Waals surface area contributed by atoms with Crippen LogP contribution in [0.4, 0.5) is 0 Å². The molecule has 2 aliphatic carbocycles. The smallest absolute Gasteiger partial charge is 0.469 e. The van der Waals surface area contributed by atoms with E-state index in [-0.39, 0.29) is 29.1 Å². The summed E-state index contributed by atoms with van der Waals surface area (Å²) in [7, 11) is -1.27. The van der Waals surface area contributed by atoms with E-state index in [0.717, 1.165) is 41.5 Å². The molecule has 2 unspecified atom stereocenters. The van der Waals surface area contributed by atoms with Crippen molar-refractivity contribution in [3.63, 3.8) is 0 Å². The number of ether oxygens (including phenoxy) is 2. The van der Waals surface area contributed by atoms with Crippen molar-refractivity contribution < 1.29 is 48.7 Å². The maximum absolute atomic E-state index is 11.6. The third kappa shape index (κ3) is 26.2. The molecule has 0 bridgehead atoms. The highest BCUT2D eigenvalue weighted by atomic mass is 16.5. The van der Waals surface area contributed by atoms with Gasteiger partial charge in [-0.1, -0.05) is 158 Å². The van der Waals surface area contributed by atoms with E-state index in [4.69, 9.17) is 24.8 Å². The number of carbonyl (C=O) groups is 4. The van der Waals surface area contributed by atoms with Gasteiger partial charge in [0.25, 0.3) is 0 Å². The van der Waals surface area contributed by atoms with Crippen molar-refractivity contribution in [2.24, 2.45) is 5.92 Å². The molecule has 4 N–H and O–H groups in total. The molecule has 0 radical (unpaired) electrons. The zero-order valence-electron chi connectivity index (χ0n) is 43.5. The molecule has 4 aromatic rings. The number of carbonyl (C=O) groups excluding carboxylic acids is 4. The Morgan fingerprint density at radius 2 is 1.10 bits per heavy atom. The second kappa shape index (κ2) is 33.2. The predicted molar refractivity (Wildman–Crippen MR) is 283 cm³/mol. The first-order chi connectivity index (χ1) is 32.5. The highest BCUT2D eigenvalue weighted by molar-refractivity contribution is 6.58. The lowest BCUT2D eigenvalue weighted by Gasteiger charge is -2.30. The predicted octanol–water partition coefficient (Wildman–Crippen LogP) is 9.63. The van der Waals surface area contributed by atoms with E-state index >= 15 is 0 Å². The van der Waals surface area contributed by atoms with Crippen LogP contribution in [-0.2, 0) is 34.1 Å². The Morgan fingerprint density at radius 3 is 1.46 bits per heavy atom. The molecule has 0 heterocycles. The van der Waals surface area contributed by atoms with Gasteiger partial charge in [0, 0.05) is 17.4 Å². The van der Waals surface area contributed by atoms with Crippen molar-refractivity contribution in [3.8, 4) is 0 Å². The summed E-state index contributed by atoms with van der Waals surface area (Å²) in [6.45, 7) is 21.5. The molecule has 1 fully saturated rings. The van der Waals surface area contributed by atoms with Gasteiger partial charge in [0.15, 0.2) is 5.78 Å². The van der Waals surface area contributed by atoms with Crippen molar-refractivity contribution in [2.75, 3.05) is 13.7 Å². The first-order valence-corrected chi connectivity index (χ1v) is 24.1. The maximum Gasteiger partial charge on any atom is 0.488 e. The highest BCUT2D eigenvalue weighted by Crippen LogP contribution is 2.38. The number of aryl methyl sites for hydroxylation is 4. The molecule has 2 aliphatic rings. The summed E-state index contributed by atoms with van der Waals surface area (Å²) in [4.78, 5) is 44.2. The van der Waals surface area contributed by atoms with Crippen LogP contribution in [0.2, 0.25) is 0 Å². The van der Waals surface area contributed by atoms with Crippen molar-refractivity contribution in [2.45, 2.75) is 145 Å². The third-order valence-electron chi connectivity index (χ3n) is 11.6.